The highest BCUT2D eigenvalue weighted by Crippen LogP contribution is 2.24. The minimum atomic E-state index is 0.345. The summed E-state index contributed by atoms with van der Waals surface area (Å²) in [4.78, 5) is 13.1. The molecule has 1 aliphatic rings. The van der Waals surface area contributed by atoms with E-state index in [2.05, 4.69) is 4.90 Å². The zero-order valence-electron chi connectivity index (χ0n) is 12.7. The molecular weight excluding hydrogens is 278 g/mol. The Morgan fingerprint density at radius 2 is 1.86 bits per heavy atom. The highest BCUT2D eigenvalue weighted by atomic mass is 16.5. The number of aldehydes is 1. The molecule has 3 rings (SSSR count). The molecule has 2 heterocycles. The molecule has 0 amide bonds. The zero-order chi connectivity index (χ0) is 15.2. The summed E-state index contributed by atoms with van der Waals surface area (Å²) in [6, 6.07) is 11.2. The Morgan fingerprint density at radius 3 is 2.55 bits per heavy atom. The molecule has 0 bridgehead atoms. The predicted octanol–water partition coefficient (Wildman–Crippen LogP) is 3.62. The Balaban J connectivity index is 1.47. The maximum Gasteiger partial charge on any atom is 0.185 e. The number of likely N-dealkylation sites (tertiary alicyclic amines) is 1. The van der Waals surface area contributed by atoms with Crippen LogP contribution in [0.5, 0.6) is 5.75 Å². The van der Waals surface area contributed by atoms with Gasteiger partial charge in [0.1, 0.15) is 11.5 Å². The molecule has 22 heavy (non-hydrogen) atoms. The molecular formula is C18H21NO3. The Labute approximate surface area is 130 Å². The molecule has 4 heteroatoms. The van der Waals surface area contributed by atoms with Crippen LogP contribution >= 0.6 is 0 Å². The second kappa shape index (κ2) is 7.27. The molecule has 0 radical (unpaired) electrons. The third-order valence-corrected chi connectivity index (χ3v) is 3.97. The van der Waals surface area contributed by atoms with Crippen LogP contribution in [0.4, 0.5) is 0 Å². The van der Waals surface area contributed by atoms with E-state index < -0.39 is 0 Å². The zero-order valence-corrected chi connectivity index (χ0v) is 12.7. The number of furan rings is 1. The number of hydrogen-bond acceptors (Lipinski definition) is 4. The smallest absolute Gasteiger partial charge is 0.185 e. The maximum atomic E-state index is 10.6. The summed E-state index contributed by atoms with van der Waals surface area (Å²) < 4.78 is 11.2. The van der Waals surface area contributed by atoms with Crippen LogP contribution in [0.1, 0.15) is 29.8 Å². The highest BCUT2D eigenvalue weighted by molar-refractivity contribution is 5.72. The van der Waals surface area contributed by atoms with Gasteiger partial charge in [-0.25, -0.2) is 0 Å². The van der Waals surface area contributed by atoms with Gasteiger partial charge >= 0.3 is 0 Å². The minimum Gasteiger partial charge on any atom is -0.494 e. The fraction of sp³-hybridized carbons (Fsp3) is 0.389. The summed E-state index contributed by atoms with van der Waals surface area (Å²) in [5, 5.41) is 0. The van der Waals surface area contributed by atoms with E-state index in [4.69, 9.17) is 9.15 Å². The molecule has 0 saturated carbocycles. The fourth-order valence-corrected chi connectivity index (χ4v) is 2.77. The molecule has 1 fully saturated rings. The van der Waals surface area contributed by atoms with Crippen LogP contribution in [0.2, 0.25) is 0 Å². The van der Waals surface area contributed by atoms with E-state index >= 15 is 0 Å². The van der Waals surface area contributed by atoms with E-state index in [0.29, 0.717) is 17.8 Å². The lowest BCUT2D eigenvalue weighted by Gasteiger charge is -2.14. The Morgan fingerprint density at radius 1 is 1.09 bits per heavy atom. The molecule has 2 aromatic rings. The van der Waals surface area contributed by atoms with Crippen molar-refractivity contribution in [2.75, 3.05) is 26.2 Å². The van der Waals surface area contributed by atoms with E-state index in [1.807, 2.05) is 24.3 Å². The van der Waals surface area contributed by atoms with Crippen molar-refractivity contribution in [3.63, 3.8) is 0 Å². The summed E-state index contributed by atoms with van der Waals surface area (Å²) in [5.74, 6) is 1.91. The Bertz CT molecular complexity index is 597. The first kappa shape index (κ1) is 14.9. The van der Waals surface area contributed by atoms with Crippen molar-refractivity contribution in [2.45, 2.75) is 19.3 Å². The van der Waals surface area contributed by atoms with Gasteiger partial charge in [0.15, 0.2) is 12.0 Å². The fourth-order valence-electron chi connectivity index (χ4n) is 2.77. The van der Waals surface area contributed by atoms with Crippen molar-refractivity contribution in [2.24, 2.45) is 0 Å². The quantitative estimate of drug-likeness (QED) is 0.578. The standard InChI is InChI=1S/C18H21NO3/c20-14-17-8-9-18(22-17)15-4-6-16(7-5-15)21-13-3-12-19-10-1-2-11-19/h4-9,14H,1-3,10-13H2. The molecule has 0 N–H and O–H groups in total. The van der Waals surface area contributed by atoms with E-state index in [1.165, 1.54) is 25.9 Å². The van der Waals surface area contributed by atoms with Gasteiger partial charge in [-0.05, 0) is 68.8 Å². The molecule has 1 aromatic heterocycles. The number of benzene rings is 1. The number of nitrogens with zero attached hydrogens (tertiary/aromatic N) is 1. The van der Waals surface area contributed by atoms with Crippen molar-refractivity contribution in [3.8, 4) is 17.1 Å². The minimum absolute atomic E-state index is 0.345. The third kappa shape index (κ3) is 3.77. The van der Waals surface area contributed by atoms with Gasteiger partial charge < -0.3 is 14.1 Å². The van der Waals surface area contributed by atoms with E-state index in [1.54, 1.807) is 12.1 Å². The number of rotatable bonds is 7. The first-order valence-corrected chi connectivity index (χ1v) is 7.86. The van der Waals surface area contributed by atoms with Crippen LogP contribution in [-0.4, -0.2) is 37.4 Å². The first-order valence-electron chi connectivity index (χ1n) is 7.86. The van der Waals surface area contributed by atoms with Crippen molar-refractivity contribution >= 4 is 6.29 Å². The monoisotopic (exact) mass is 299 g/mol. The van der Waals surface area contributed by atoms with E-state index in [9.17, 15) is 4.79 Å². The summed E-state index contributed by atoms with van der Waals surface area (Å²) in [7, 11) is 0. The molecule has 1 saturated heterocycles. The SMILES string of the molecule is O=Cc1ccc(-c2ccc(OCCCN3CCCC3)cc2)o1. The van der Waals surface area contributed by atoms with Crippen molar-refractivity contribution in [3.05, 3.63) is 42.2 Å². The molecule has 0 atom stereocenters. The van der Waals surface area contributed by atoms with Crippen LogP contribution in [-0.2, 0) is 0 Å². The molecule has 1 aromatic carbocycles. The van der Waals surface area contributed by atoms with Crippen LogP contribution in [0.25, 0.3) is 11.3 Å². The average Bonchev–Trinajstić information content (AvgIpc) is 3.23. The van der Waals surface area contributed by atoms with Crippen molar-refractivity contribution < 1.29 is 13.9 Å². The summed E-state index contributed by atoms with van der Waals surface area (Å²) in [6.45, 7) is 4.34. The first-order chi connectivity index (χ1) is 10.8. The van der Waals surface area contributed by atoms with Gasteiger partial charge in [0, 0.05) is 12.1 Å². The molecule has 116 valence electrons. The van der Waals surface area contributed by atoms with E-state index in [0.717, 1.165) is 30.9 Å². The van der Waals surface area contributed by atoms with E-state index in [-0.39, 0.29) is 0 Å². The predicted molar refractivity (Wildman–Crippen MR) is 85.3 cm³/mol. The highest BCUT2D eigenvalue weighted by Gasteiger charge is 2.10. The Kier molecular flexibility index (Phi) is 4.91. The molecule has 0 unspecified atom stereocenters. The van der Waals surface area contributed by atoms with Gasteiger partial charge in [-0.2, -0.15) is 0 Å². The summed E-state index contributed by atoms with van der Waals surface area (Å²) >= 11 is 0. The van der Waals surface area contributed by atoms with Crippen LogP contribution in [0.15, 0.2) is 40.8 Å². The lowest BCUT2D eigenvalue weighted by molar-refractivity contribution is 0.110. The number of hydrogen-bond donors (Lipinski definition) is 0. The molecule has 1 aliphatic heterocycles. The Hall–Kier alpha value is -2.07. The molecule has 4 nitrogen and oxygen atoms in total. The van der Waals surface area contributed by atoms with Gasteiger partial charge in [0.2, 0.25) is 0 Å². The number of carbonyl (C=O) groups excluding carboxylic acids is 1. The number of carbonyl (C=O) groups is 1. The van der Waals surface area contributed by atoms with Crippen LogP contribution in [0, 0.1) is 0 Å². The molecule has 0 spiro atoms. The third-order valence-electron chi connectivity index (χ3n) is 3.97. The molecule has 0 aliphatic carbocycles. The lowest BCUT2D eigenvalue weighted by Crippen LogP contribution is -2.21. The van der Waals surface area contributed by atoms with Crippen molar-refractivity contribution in [1.29, 1.82) is 0 Å². The maximum absolute atomic E-state index is 10.6. The average molecular weight is 299 g/mol. The van der Waals surface area contributed by atoms with Crippen molar-refractivity contribution in [1.82, 2.24) is 4.90 Å². The van der Waals surface area contributed by atoms with Gasteiger partial charge in [-0.1, -0.05) is 0 Å². The van der Waals surface area contributed by atoms with Crippen LogP contribution < -0.4 is 4.74 Å². The van der Waals surface area contributed by atoms with Gasteiger partial charge in [-0.15, -0.1) is 0 Å². The second-order valence-electron chi connectivity index (χ2n) is 5.60. The van der Waals surface area contributed by atoms with Gasteiger partial charge in [0.05, 0.1) is 6.61 Å². The largest absolute Gasteiger partial charge is 0.494 e. The van der Waals surface area contributed by atoms with Gasteiger partial charge in [0.25, 0.3) is 0 Å². The summed E-state index contributed by atoms with van der Waals surface area (Å²) in [5.41, 5.74) is 0.942. The normalized spacial score (nSPS) is 15.1. The van der Waals surface area contributed by atoms with Crippen LogP contribution in [0.3, 0.4) is 0 Å². The lowest BCUT2D eigenvalue weighted by atomic mass is 10.2. The number of ether oxygens (including phenoxy) is 1. The summed E-state index contributed by atoms with van der Waals surface area (Å²) in [6.07, 6.45) is 4.44. The van der Waals surface area contributed by atoms with Gasteiger partial charge in [-0.3, -0.25) is 4.79 Å². The topological polar surface area (TPSA) is 42.7 Å². The second-order valence-corrected chi connectivity index (χ2v) is 5.60.